The van der Waals surface area contributed by atoms with Gasteiger partial charge in [-0.15, -0.1) is 0 Å². The topological polar surface area (TPSA) is 74.9 Å². The Morgan fingerprint density at radius 1 is 1.18 bits per heavy atom. The lowest BCUT2D eigenvalue weighted by Gasteiger charge is -2.27. The van der Waals surface area contributed by atoms with Crippen LogP contribution in [0.3, 0.4) is 0 Å². The van der Waals surface area contributed by atoms with Gasteiger partial charge in [0.15, 0.2) is 0 Å². The molecule has 1 aliphatic heterocycles. The number of nitrogens with one attached hydrogen (secondary N) is 1. The number of carbonyl (C=O) groups excluding carboxylic acids is 1. The molecule has 3 aromatic rings. The number of aryl methyl sites for hydroxylation is 2. The highest BCUT2D eigenvalue weighted by molar-refractivity contribution is 6.14. The van der Waals surface area contributed by atoms with E-state index in [1.54, 1.807) is 19.1 Å². The number of morpholine rings is 1. The van der Waals surface area contributed by atoms with E-state index < -0.39 is 0 Å². The number of aromatic hydroxyl groups is 1. The maximum atomic E-state index is 13.1. The molecule has 2 heterocycles. The van der Waals surface area contributed by atoms with E-state index in [0.717, 1.165) is 24.3 Å². The van der Waals surface area contributed by atoms with Crippen molar-refractivity contribution < 1.29 is 19.1 Å². The van der Waals surface area contributed by atoms with Crippen molar-refractivity contribution in [1.82, 2.24) is 4.90 Å². The molecule has 0 spiro atoms. The summed E-state index contributed by atoms with van der Waals surface area (Å²) < 4.78 is 11.3. The van der Waals surface area contributed by atoms with Crippen molar-refractivity contribution >= 4 is 22.6 Å². The first-order valence-electron chi connectivity index (χ1n) is 9.45. The zero-order valence-electron chi connectivity index (χ0n) is 16.1. The average molecular weight is 380 g/mol. The number of fused-ring (bicyclic) bond motifs is 1. The first-order chi connectivity index (χ1) is 13.5. The molecule has 0 atom stereocenters. The number of benzene rings is 2. The fraction of sp³-hybridized carbons (Fsp3) is 0.318. The van der Waals surface area contributed by atoms with Crippen LogP contribution in [0.25, 0.3) is 11.0 Å². The number of nitrogens with zero attached hydrogens (tertiary/aromatic N) is 1. The molecule has 6 nitrogen and oxygen atoms in total. The Kier molecular flexibility index (Phi) is 5.07. The Bertz CT molecular complexity index is 1020. The van der Waals surface area contributed by atoms with Crippen molar-refractivity contribution in [2.75, 3.05) is 31.6 Å². The summed E-state index contributed by atoms with van der Waals surface area (Å²) in [7, 11) is 0. The summed E-state index contributed by atoms with van der Waals surface area (Å²) in [6.07, 6.45) is 0. The highest BCUT2D eigenvalue weighted by Gasteiger charge is 2.24. The lowest BCUT2D eigenvalue weighted by molar-refractivity contribution is 0.0340. The summed E-state index contributed by atoms with van der Waals surface area (Å²) in [5.41, 5.74) is 3.58. The van der Waals surface area contributed by atoms with E-state index >= 15 is 0 Å². The molecule has 0 aliphatic carbocycles. The first-order valence-corrected chi connectivity index (χ1v) is 9.45. The van der Waals surface area contributed by atoms with E-state index in [1.165, 1.54) is 0 Å². The monoisotopic (exact) mass is 380 g/mol. The van der Waals surface area contributed by atoms with Crippen molar-refractivity contribution in [3.8, 4) is 5.75 Å². The van der Waals surface area contributed by atoms with Gasteiger partial charge in [0.25, 0.3) is 5.91 Å². The molecule has 1 aliphatic rings. The third-order valence-electron chi connectivity index (χ3n) is 5.10. The Labute approximate surface area is 163 Å². The molecule has 1 saturated heterocycles. The molecule has 0 bridgehead atoms. The molecular weight excluding hydrogens is 356 g/mol. The minimum atomic E-state index is -0.240. The molecule has 1 amide bonds. The van der Waals surface area contributed by atoms with Crippen molar-refractivity contribution in [3.63, 3.8) is 0 Å². The number of ether oxygens (including phenoxy) is 1. The van der Waals surface area contributed by atoms with E-state index in [1.807, 2.05) is 31.2 Å². The van der Waals surface area contributed by atoms with Gasteiger partial charge in [-0.3, -0.25) is 9.69 Å². The number of hydrogen-bond donors (Lipinski definition) is 2. The van der Waals surface area contributed by atoms with Crippen LogP contribution < -0.4 is 5.32 Å². The van der Waals surface area contributed by atoms with Gasteiger partial charge in [-0.05, 0) is 43.7 Å². The Balaban J connectivity index is 1.74. The second-order valence-corrected chi connectivity index (χ2v) is 7.18. The molecular formula is C22H24N2O4. The quantitative estimate of drug-likeness (QED) is 0.719. The summed E-state index contributed by atoms with van der Waals surface area (Å²) >= 11 is 0. The second-order valence-electron chi connectivity index (χ2n) is 7.18. The predicted octanol–water partition coefficient (Wildman–Crippen LogP) is 3.84. The molecule has 2 N–H and O–H groups in total. The van der Waals surface area contributed by atoms with Crippen molar-refractivity contribution in [1.29, 1.82) is 0 Å². The average Bonchev–Trinajstić information content (AvgIpc) is 3.01. The van der Waals surface area contributed by atoms with Gasteiger partial charge in [-0.1, -0.05) is 12.1 Å². The number of hydrogen-bond acceptors (Lipinski definition) is 5. The third-order valence-corrected chi connectivity index (χ3v) is 5.10. The van der Waals surface area contributed by atoms with Crippen LogP contribution in [0.2, 0.25) is 0 Å². The summed E-state index contributed by atoms with van der Waals surface area (Å²) in [6.45, 7) is 7.21. The Morgan fingerprint density at radius 3 is 2.71 bits per heavy atom. The van der Waals surface area contributed by atoms with Crippen LogP contribution in [0.4, 0.5) is 5.69 Å². The highest BCUT2D eigenvalue weighted by Crippen LogP contribution is 2.35. The van der Waals surface area contributed by atoms with E-state index in [0.29, 0.717) is 47.6 Å². The van der Waals surface area contributed by atoms with Gasteiger partial charge >= 0.3 is 0 Å². The summed E-state index contributed by atoms with van der Waals surface area (Å²) in [5, 5.41) is 14.2. The van der Waals surface area contributed by atoms with Gasteiger partial charge < -0.3 is 19.6 Å². The molecule has 0 saturated carbocycles. The normalized spacial score (nSPS) is 15.1. The number of furan rings is 1. The fourth-order valence-corrected chi connectivity index (χ4v) is 3.70. The number of amides is 1. The van der Waals surface area contributed by atoms with Crippen molar-refractivity contribution in [2.24, 2.45) is 0 Å². The molecule has 6 heteroatoms. The first kappa shape index (κ1) is 18.5. The molecule has 28 heavy (non-hydrogen) atoms. The van der Waals surface area contributed by atoms with Crippen molar-refractivity contribution in [2.45, 2.75) is 20.4 Å². The lowest BCUT2D eigenvalue weighted by Crippen LogP contribution is -2.35. The Morgan fingerprint density at radius 2 is 1.96 bits per heavy atom. The molecule has 0 unspecified atom stereocenters. The molecule has 4 rings (SSSR count). The van der Waals surface area contributed by atoms with Gasteiger partial charge in [0.1, 0.15) is 17.1 Å². The summed E-state index contributed by atoms with van der Waals surface area (Å²) in [5.74, 6) is 0.467. The molecule has 2 aromatic carbocycles. The number of phenols is 1. The summed E-state index contributed by atoms with van der Waals surface area (Å²) in [4.78, 5) is 15.3. The minimum Gasteiger partial charge on any atom is -0.508 e. The van der Waals surface area contributed by atoms with Crippen LogP contribution in [-0.2, 0) is 11.3 Å². The van der Waals surface area contributed by atoms with Crippen LogP contribution in [0.5, 0.6) is 5.75 Å². The van der Waals surface area contributed by atoms with Gasteiger partial charge in [0.05, 0.1) is 18.8 Å². The van der Waals surface area contributed by atoms with Gasteiger partial charge in [-0.25, -0.2) is 0 Å². The number of phenolic OH excluding ortho intramolecular Hbond substituents is 1. The maximum Gasteiger partial charge on any atom is 0.259 e. The fourth-order valence-electron chi connectivity index (χ4n) is 3.70. The van der Waals surface area contributed by atoms with Crippen LogP contribution in [0.15, 0.2) is 40.8 Å². The number of rotatable bonds is 4. The smallest absolute Gasteiger partial charge is 0.259 e. The van der Waals surface area contributed by atoms with E-state index in [2.05, 4.69) is 10.2 Å². The molecule has 146 valence electrons. The zero-order chi connectivity index (χ0) is 19.7. The lowest BCUT2D eigenvalue weighted by atomic mass is 10.0. The number of anilines is 1. The number of carbonyl (C=O) groups is 1. The van der Waals surface area contributed by atoms with Crippen molar-refractivity contribution in [3.05, 3.63) is 58.8 Å². The van der Waals surface area contributed by atoms with E-state index in [-0.39, 0.29) is 11.7 Å². The third kappa shape index (κ3) is 3.61. The van der Waals surface area contributed by atoms with Gasteiger partial charge in [-0.2, -0.15) is 0 Å². The second kappa shape index (κ2) is 7.66. The predicted molar refractivity (Wildman–Crippen MR) is 108 cm³/mol. The highest BCUT2D eigenvalue weighted by atomic mass is 16.5. The zero-order valence-corrected chi connectivity index (χ0v) is 16.1. The standard InChI is InChI=1S/C22H24N2O4/c1-14-4-3-5-16(12-14)23-22(26)20-15(2)28-19-7-6-18(25)17(21(19)20)13-24-8-10-27-11-9-24/h3-7,12,25H,8-11,13H2,1-2H3,(H,23,26). The van der Waals surface area contributed by atoms with Crippen LogP contribution >= 0.6 is 0 Å². The maximum absolute atomic E-state index is 13.1. The summed E-state index contributed by atoms with van der Waals surface area (Å²) in [6, 6.07) is 11.0. The van der Waals surface area contributed by atoms with E-state index in [9.17, 15) is 9.90 Å². The van der Waals surface area contributed by atoms with E-state index in [4.69, 9.17) is 9.15 Å². The molecule has 1 fully saturated rings. The Hall–Kier alpha value is -2.83. The largest absolute Gasteiger partial charge is 0.508 e. The van der Waals surface area contributed by atoms with Gasteiger partial charge in [0, 0.05) is 36.3 Å². The van der Waals surface area contributed by atoms with Crippen LogP contribution in [0, 0.1) is 13.8 Å². The molecule has 1 aromatic heterocycles. The molecule has 0 radical (unpaired) electrons. The minimum absolute atomic E-state index is 0.171. The van der Waals surface area contributed by atoms with Crippen LogP contribution in [-0.4, -0.2) is 42.2 Å². The van der Waals surface area contributed by atoms with Crippen LogP contribution in [0.1, 0.15) is 27.2 Å². The SMILES string of the molecule is Cc1cccc(NC(=O)c2c(C)oc3ccc(O)c(CN4CCOCC4)c23)c1. The van der Waals surface area contributed by atoms with Gasteiger partial charge in [0.2, 0.25) is 0 Å².